The molecule has 1 aromatic heterocycles. The summed E-state index contributed by atoms with van der Waals surface area (Å²) < 4.78 is 7.76. The van der Waals surface area contributed by atoms with Gasteiger partial charge in [-0.25, -0.2) is 4.98 Å². The number of nitrogens with zero attached hydrogens (tertiary/aromatic N) is 2. The smallest absolute Gasteiger partial charge is 0.0952 e. The van der Waals surface area contributed by atoms with Crippen molar-refractivity contribution in [2.45, 2.75) is 38.3 Å². The zero-order chi connectivity index (χ0) is 11.8. The van der Waals surface area contributed by atoms with E-state index in [-0.39, 0.29) is 11.5 Å². The van der Waals surface area contributed by atoms with E-state index >= 15 is 0 Å². The molecule has 1 fully saturated rings. The standard InChI is InChI=1S/C12H21N3O/c1-12(2,3)11-7-14-8-15(11)9-5-13-6-10(9)16-4/h7-10,13H,5-6H2,1-4H3/t9?,10-/m0/s1. The second kappa shape index (κ2) is 4.18. The van der Waals surface area contributed by atoms with Crippen molar-refractivity contribution < 1.29 is 4.74 Å². The van der Waals surface area contributed by atoms with Crippen LogP contribution in [0.3, 0.4) is 0 Å². The van der Waals surface area contributed by atoms with E-state index in [1.54, 1.807) is 7.11 Å². The molecule has 1 unspecified atom stereocenters. The third-order valence-corrected chi connectivity index (χ3v) is 3.22. The normalized spacial score (nSPS) is 26.2. The number of hydrogen-bond donors (Lipinski definition) is 1. The van der Waals surface area contributed by atoms with E-state index in [9.17, 15) is 0 Å². The van der Waals surface area contributed by atoms with Crippen molar-refractivity contribution in [2.75, 3.05) is 20.2 Å². The van der Waals surface area contributed by atoms with Crippen LogP contribution in [0.1, 0.15) is 32.5 Å². The minimum Gasteiger partial charge on any atom is -0.378 e. The van der Waals surface area contributed by atoms with Gasteiger partial charge in [-0.3, -0.25) is 0 Å². The summed E-state index contributed by atoms with van der Waals surface area (Å²) in [7, 11) is 1.78. The molecule has 0 saturated carbocycles. The Hall–Kier alpha value is -0.870. The molecule has 0 radical (unpaired) electrons. The van der Waals surface area contributed by atoms with Gasteiger partial charge in [-0.15, -0.1) is 0 Å². The molecule has 2 rings (SSSR count). The van der Waals surface area contributed by atoms with Gasteiger partial charge in [0.2, 0.25) is 0 Å². The maximum Gasteiger partial charge on any atom is 0.0952 e. The van der Waals surface area contributed by atoms with E-state index < -0.39 is 0 Å². The Morgan fingerprint density at radius 1 is 1.44 bits per heavy atom. The van der Waals surface area contributed by atoms with Gasteiger partial charge in [-0.2, -0.15) is 0 Å². The third kappa shape index (κ3) is 1.99. The first-order chi connectivity index (χ1) is 7.54. The second-order valence-corrected chi connectivity index (χ2v) is 5.44. The van der Waals surface area contributed by atoms with Crippen LogP contribution in [0.15, 0.2) is 12.5 Å². The van der Waals surface area contributed by atoms with Crippen molar-refractivity contribution in [3.63, 3.8) is 0 Å². The Morgan fingerprint density at radius 2 is 2.19 bits per heavy atom. The van der Waals surface area contributed by atoms with Crippen LogP contribution >= 0.6 is 0 Å². The van der Waals surface area contributed by atoms with Gasteiger partial charge in [-0.05, 0) is 0 Å². The summed E-state index contributed by atoms with van der Waals surface area (Å²) in [5.74, 6) is 0. The van der Waals surface area contributed by atoms with Crippen LogP contribution in [-0.2, 0) is 10.2 Å². The van der Waals surface area contributed by atoms with Crippen molar-refractivity contribution in [1.29, 1.82) is 0 Å². The molecule has 0 aromatic carbocycles. The largest absolute Gasteiger partial charge is 0.378 e. The highest BCUT2D eigenvalue weighted by Crippen LogP contribution is 2.27. The number of ether oxygens (including phenoxy) is 1. The SMILES string of the molecule is CO[C@H]1CNCC1n1cncc1C(C)(C)C. The van der Waals surface area contributed by atoms with Gasteiger partial charge in [0.25, 0.3) is 0 Å². The number of nitrogens with one attached hydrogen (secondary N) is 1. The topological polar surface area (TPSA) is 39.1 Å². The number of aromatic nitrogens is 2. The lowest BCUT2D eigenvalue weighted by molar-refractivity contribution is 0.0849. The molecule has 0 amide bonds. The summed E-state index contributed by atoms with van der Waals surface area (Å²) in [4.78, 5) is 4.28. The van der Waals surface area contributed by atoms with Crippen molar-refractivity contribution in [2.24, 2.45) is 0 Å². The van der Waals surface area contributed by atoms with Gasteiger partial charge in [0.1, 0.15) is 0 Å². The maximum atomic E-state index is 5.50. The summed E-state index contributed by atoms with van der Waals surface area (Å²) >= 11 is 0. The highest BCUT2D eigenvalue weighted by Gasteiger charge is 2.31. The second-order valence-electron chi connectivity index (χ2n) is 5.44. The Morgan fingerprint density at radius 3 is 2.81 bits per heavy atom. The summed E-state index contributed by atoms with van der Waals surface area (Å²) in [5.41, 5.74) is 1.39. The zero-order valence-electron chi connectivity index (χ0n) is 10.5. The Labute approximate surface area is 97.0 Å². The average molecular weight is 223 g/mol. The molecule has 4 heteroatoms. The molecule has 1 N–H and O–H groups in total. The molecule has 2 heterocycles. The molecule has 0 aliphatic carbocycles. The summed E-state index contributed by atoms with van der Waals surface area (Å²) in [6, 6.07) is 0.363. The fourth-order valence-electron chi connectivity index (χ4n) is 2.31. The molecule has 4 nitrogen and oxygen atoms in total. The van der Waals surface area contributed by atoms with Gasteiger partial charge < -0.3 is 14.6 Å². The molecule has 1 aromatic rings. The van der Waals surface area contributed by atoms with E-state index in [1.165, 1.54) is 5.69 Å². The first-order valence-electron chi connectivity index (χ1n) is 5.80. The van der Waals surface area contributed by atoms with Crippen LogP contribution in [0.25, 0.3) is 0 Å². The monoisotopic (exact) mass is 223 g/mol. The number of hydrogen-bond acceptors (Lipinski definition) is 3. The van der Waals surface area contributed by atoms with Gasteiger partial charge in [0.05, 0.1) is 18.5 Å². The number of rotatable bonds is 2. The minimum atomic E-state index is 0.122. The molecule has 0 bridgehead atoms. The number of imidazole rings is 1. The molecule has 90 valence electrons. The lowest BCUT2D eigenvalue weighted by atomic mass is 9.92. The van der Waals surface area contributed by atoms with Crippen molar-refractivity contribution in [1.82, 2.24) is 14.9 Å². The van der Waals surface area contributed by atoms with Gasteiger partial charge in [-0.1, -0.05) is 20.8 Å². The Balaban J connectivity index is 2.30. The maximum absolute atomic E-state index is 5.50. The van der Waals surface area contributed by atoms with Crippen LogP contribution in [-0.4, -0.2) is 35.9 Å². The quantitative estimate of drug-likeness (QED) is 0.822. The first-order valence-corrected chi connectivity index (χ1v) is 5.80. The fraction of sp³-hybridized carbons (Fsp3) is 0.750. The highest BCUT2D eigenvalue weighted by molar-refractivity contribution is 5.13. The molecule has 1 saturated heterocycles. The van der Waals surface area contributed by atoms with Crippen LogP contribution in [0.5, 0.6) is 0 Å². The van der Waals surface area contributed by atoms with Crippen LogP contribution < -0.4 is 5.32 Å². The van der Waals surface area contributed by atoms with Crippen LogP contribution in [0, 0.1) is 0 Å². The molecule has 16 heavy (non-hydrogen) atoms. The predicted octanol–water partition coefficient (Wildman–Crippen LogP) is 1.34. The van der Waals surface area contributed by atoms with Gasteiger partial charge >= 0.3 is 0 Å². The molecular formula is C12H21N3O. The molecule has 0 spiro atoms. The Bertz CT molecular complexity index is 353. The third-order valence-electron chi connectivity index (χ3n) is 3.22. The lowest BCUT2D eigenvalue weighted by Crippen LogP contribution is -2.28. The van der Waals surface area contributed by atoms with Crippen molar-refractivity contribution in [3.8, 4) is 0 Å². The summed E-state index contributed by atoms with van der Waals surface area (Å²) in [6.45, 7) is 8.51. The molecule has 2 atom stereocenters. The molecule has 1 aliphatic heterocycles. The lowest BCUT2D eigenvalue weighted by Gasteiger charge is -2.26. The summed E-state index contributed by atoms with van der Waals surface area (Å²) in [6.07, 6.45) is 4.13. The zero-order valence-corrected chi connectivity index (χ0v) is 10.5. The van der Waals surface area contributed by atoms with Crippen LogP contribution in [0.2, 0.25) is 0 Å². The molecular weight excluding hydrogens is 202 g/mol. The van der Waals surface area contributed by atoms with Crippen LogP contribution in [0.4, 0.5) is 0 Å². The molecule has 1 aliphatic rings. The van der Waals surface area contributed by atoms with E-state index in [0.717, 1.165) is 13.1 Å². The first kappa shape index (κ1) is 11.6. The van der Waals surface area contributed by atoms with E-state index in [2.05, 4.69) is 35.6 Å². The highest BCUT2D eigenvalue weighted by atomic mass is 16.5. The van der Waals surface area contributed by atoms with E-state index in [1.807, 2.05) is 12.5 Å². The van der Waals surface area contributed by atoms with Crippen molar-refractivity contribution in [3.05, 3.63) is 18.2 Å². The van der Waals surface area contributed by atoms with Gasteiger partial charge in [0, 0.05) is 37.5 Å². The van der Waals surface area contributed by atoms with Gasteiger partial charge in [0.15, 0.2) is 0 Å². The predicted molar refractivity (Wildman–Crippen MR) is 63.6 cm³/mol. The van der Waals surface area contributed by atoms with Crippen molar-refractivity contribution >= 4 is 0 Å². The number of methoxy groups -OCH3 is 1. The van der Waals surface area contributed by atoms with E-state index in [4.69, 9.17) is 4.74 Å². The van der Waals surface area contributed by atoms with E-state index in [0.29, 0.717) is 6.04 Å². The average Bonchev–Trinajstić information content (AvgIpc) is 2.84. The Kier molecular flexibility index (Phi) is 3.04. The fourth-order valence-corrected chi connectivity index (χ4v) is 2.31. The summed E-state index contributed by atoms with van der Waals surface area (Å²) in [5, 5.41) is 3.37. The minimum absolute atomic E-state index is 0.122.